The van der Waals surface area contributed by atoms with E-state index < -0.39 is 17.9 Å². The Labute approximate surface area is 372 Å². The first-order valence-electron chi connectivity index (χ1n) is 22.5. The number of hydrogen-bond donors (Lipinski definition) is 3. The van der Waals surface area contributed by atoms with Crippen LogP contribution in [0.25, 0.3) is 0 Å². The minimum atomic E-state index is -0.757. The zero-order valence-corrected chi connectivity index (χ0v) is 38.3. The van der Waals surface area contributed by atoms with Crippen molar-refractivity contribution in [3.8, 4) is 23.3 Å². The van der Waals surface area contributed by atoms with E-state index in [4.69, 9.17) is 14.2 Å². The molecule has 0 radical (unpaired) electrons. The second-order valence-corrected chi connectivity index (χ2v) is 19.6. The maximum atomic E-state index is 13.6. The molecule has 1 unspecified atom stereocenters. The number of piperidine rings is 2. The van der Waals surface area contributed by atoms with Crippen molar-refractivity contribution >= 4 is 29.3 Å². The summed E-state index contributed by atoms with van der Waals surface area (Å²) < 4.78 is 18.5. The monoisotopic (exact) mass is 860 g/mol. The summed E-state index contributed by atoms with van der Waals surface area (Å²) in [4.78, 5) is 55.2. The average Bonchev–Trinajstić information content (AvgIpc) is 3.23. The van der Waals surface area contributed by atoms with Crippen molar-refractivity contribution in [1.29, 1.82) is 5.26 Å². The molecule has 2 heterocycles. The van der Waals surface area contributed by atoms with Crippen molar-refractivity contribution in [2.45, 2.75) is 130 Å². The Morgan fingerprint density at radius 1 is 0.873 bits per heavy atom. The number of hydrogen-bond acceptors (Lipinski definition) is 10. The van der Waals surface area contributed by atoms with Crippen molar-refractivity contribution in [2.75, 3.05) is 31.6 Å². The van der Waals surface area contributed by atoms with Crippen LogP contribution >= 0.6 is 0 Å². The maximum absolute atomic E-state index is 13.6. The molecule has 13 nitrogen and oxygen atoms in total. The van der Waals surface area contributed by atoms with Crippen LogP contribution in [0.5, 0.6) is 17.2 Å². The second kappa shape index (κ2) is 18.2. The minimum Gasteiger partial charge on any atom is -0.493 e. The number of imide groups is 1. The van der Waals surface area contributed by atoms with Crippen molar-refractivity contribution in [3.63, 3.8) is 0 Å². The Morgan fingerprint density at radius 2 is 1.49 bits per heavy atom. The molecule has 2 saturated carbocycles. The highest BCUT2D eigenvalue weighted by molar-refractivity contribution is 6.04. The van der Waals surface area contributed by atoms with E-state index in [-0.39, 0.29) is 53.7 Å². The second-order valence-electron chi connectivity index (χ2n) is 19.6. The predicted octanol–water partition coefficient (Wildman–Crippen LogP) is 6.87. The Bertz CT molecular complexity index is 2210. The van der Waals surface area contributed by atoms with Gasteiger partial charge in [0.25, 0.3) is 11.8 Å². The molecule has 2 aliphatic heterocycles. The third kappa shape index (κ3) is 9.52. The standard InChI is InChI=1S/C50H64N6O7/c1-29(2)56(36-25-38(26-36)62-41-16-12-34(24-42(41)61-9)45(59)52-40-15-17-43(57)53-46(40)60)28-32-18-20-55(21-19-32)35-13-10-33(11-14-35)44(58)54-47-49(5,6)48(50(47,7)8)63-37-22-30(3)39(27-51)31(4)23-37/h10-14,16,22-24,29,32,36,38,40,47-48H,15,17-21,25-26,28H2,1-9H3,(H,52,59)(H,54,58)(H,53,57,60). The molecule has 336 valence electrons. The van der Waals surface area contributed by atoms with Gasteiger partial charge in [0.1, 0.15) is 24.0 Å². The van der Waals surface area contributed by atoms with Gasteiger partial charge in [-0.1, -0.05) is 27.7 Å². The van der Waals surface area contributed by atoms with E-state index in [1.54, 1.807) is 25.3 Å². The van der Waals surface area contributed by atoms with Crippen LogP contribution in [0.4, 0.5) is 5.69 Å². The van der Waals surface area contributed by atoms with Gasteiger partial charge in [0, 0.05) is 84.7 Å². The van der Waals surface area contributed by atoms with Crippen molar-refractivity contribution in [3.05, 3.63) is 82.4 Å². The van der Waals surface area contributed by atoms with E-state index >= 15 is 0 Å². The molecule has 1 atom stereocenters. The van der Waals surface area contributed by atoms with Crippen LogP contribution in [0.3, 0.4) is 0 Å². The lowest BCUT2D eigenvalue weighted by Gasteiger charge is -2.63. The topological polar surface area (TPSA) is 162 Å². The summed E-state index contributed by atoms with van der Waals surface area (Å²) >= 11 is 0. The van der Waals surface area contributed by atoms with Gasteiger partial charge < -0.3 is 29.7 Å². The molecular weight excluding hydrogens is 797 g/mol. The molecule has 3 aromatic rings. The smallest absolute Gasteiger partial charge is 0.252 e. The van der Waals surface area contributed by atoms with Gasteiger partial charge in [0.2, 0.25) is 11.8 Å². The summed E-state index contributed by atoms with van der Waals surface area (Å²) in [5, 5.41) is 17.8. The molecule has 13 heteroatoms. The highest BCUT2D eigenvalue weighted by Crippen LogP contribution is 2.55. The fourth-order valence-corrected chi connectivity index (χ4v) is 10.7. The fourth-order valence-electron chi connectivity index (χ4n) is 10.7. The Hall–Kier alpha value is -5.61. The van der Waals surface area contributed by atoms with Crippen LogP contribution in [-0.4, -0.2) is 91.6 Å². The van der Waals surface area contributed by atoms with Gasteiger partial charge >= 0.3 is 0 Å². The number of methoxy groups -OCH3 is 1. The Kier molecular flexibility index (Phi) is 13.1. The van der Waals surface area contributed by atoms with Gasteiger partial charge in [0.05, 0.1) is 18.7 Å². The van der Waals surface area contributed by atoms with E-state index in [1.165, 1.54) is 0 Å². The van der Waals surface area contributed by atoms with Crippen LogP contribution in [0.1, 0.15) is 117 Å². The first kappa shape index (κ1) is 45.4. The lowest BCUT2D eigenvalue weighted by Crippen LogP contribution is -2.74. The Balaban J connectivity index is 0.863. The van der Waals surface area contributed by atoms with Crippen LogP contribution < -0.4 is 35.1 Å². The third-order valence-corrected chi connectivity index (χ3v) is 14.0. The highest BCUT2D eigenvalue weighted by atomic mass is 16.5. The largest absolute Gasteiger partial charge is 0.493 e. The molecule has 3 N–H and O–H groups in total. The molecular formula is C50H64N6O7. The number of aryl methyl sites for hydroxylation is 2. The molecule has 2 aliphatic carbocycles. The number of carbonyl (C=O) groups is 4. The highest BCUT2D eigenvalue weighted by Gasteiger charge is 2.64. The number of nitrogens with one attached hydrogen (secondary N) is 3. The molecule has 0 bridgehead atoms. The molecule has 2 saturated heterocycles. The van der Waals surface area contributed by atoms with E-state index in [2.05, 4.69) is 85.5 Å². The molecule has 4 aliphatic rings. The van der Waals surface area contributed by atoms with Gasteiger partial charge in [-0.25, -0.2) is 0 Å². The number of anilines is 1. The summed E-state index contributed by atoms with van der Waals surface area (Å²) in [6.45, 7) is 19.9. The molecule has 3 aromatic carbocycles. The third-order valence-electron chi connectivity index (χ3n) is 14.0. The van der Waals surface area contributed by atoms with Crippen molar-refractivity contribution in [1.82, 2.24) is 20.9 Å². The van der Waals surface area contributed by atoms with E-state index in [1.807, 2.05) is 38.1 Å². The number of rotatable bonds is 14. The number of benzene rings is 3. The van der Waals surface area contributed by atoms with E-state index in [0.29, 0.717) is 46.2 Å². The minimum absolute atomic E-state index is 0.0339. The molecule has 4 amide bonds. The summed E-state index contributed by atoms with van der Waals surface area (Å²) in [7, 11) is 1.54. The Morgan fingerprint density at radius 3 is 2.08 bits per heavy atom. The van der Waals surface area contributed by atoms with Gasteiger partial charge in [-0.15, -0.1) is 0 Å². The van der Waals surface area contributed by atoms with Crippen LogP contribution in [0.2, 0.25) is 0 Å². The van der Waals surface area contributed by atoms with E-state index in [9.17, 15) is 24.4 Å². The normalized spacial score (nSPS) is 24.1. The first-order valence-corrected chi connectivity index (χ1v) is 22.5. The molecule has 7 rings (SSSR count). The van der Waals surface area contributed by atoms with E-state index in [0.717, 1.165) is 67.9 Å². The van der Waals surface area contributed by atoms with Crippen molar-refractivity contribution in [2.24, 2.45) is 16.7 Å². The number of amides is 4. The predicted molar refractivity (Wildman–Crippen MR) is 241 cm³/mol. The first-order chi connectivity index (χ1) is 29.9. The molecule has 63 heavy (non-hydrogen) atoms. The summed E-state index contributed by atoms with van der Waals surface area (Å²) in [6, 6.07) is 19.1. The summed E-state index contributed by atoms with van der Waals surface area (Å²) in [5.41, 5.74) is 3.97. The lowest BCUT2D eigenvalue weighted by atomic mass is 9.49. The van der Waals surface area contributed by atoms with Crippen LogP contribution in [0, 0.1) is 41.9 Å². The molecule has 4 fully saturated rings. The fraction of sp³-hybridized carbons (Fsp3) is 0.540. The number of nitrogens with zero attached hydrogens (tertiary/aromatic N) is 3. The zero-order chi connectivity index (χ0) is 45.4. The van der Waals surface area contributed by atoms with Gasteiger partial charge in [-0.3, -0.25) is 29.4 Å². The quantitative estimate of drug-likeness (QED) is 0.146. The van der Waals surface area contributed by atoms with Crippen molar-refractivity contribution < 1.29 is 33.4 Å². The van der Waals surface area contributed by atoms with Crippen LogP contribution in [-0.2, 0) is 9.59 Å². The lowest BCUT2D eigenvalue weighted by molar-refractivity contribution is -0.164. The number of carbonyl (C=O) groups excluding carboxylic acids is 4. The zero-order valence-electron chi connectivity index (χ0n) is 38.3. The maximum Gasteiger partial charge on any atom is 0.252 e. The van der Waals surface area contributed by atoms with Gasteiger partial charge in [-0.2, -0.15) is 5.26 Å². The molecule has 0 aromatic heterocycles. The van der Waals surface area contributed by atoms with Gasteiger partial charge in [-0.05, 0) is 119 Å². The van der Waals surface area contributed by atoms with Crippen LogP contribution in [0.15, 0.2) is 54.6 Å². The number of nitriles is 1. The number of ether oxygens (including phenoxy) is 3. The average molecular weight is 861 g/mol. The molecule has 0 spiro atoms. The summed E-state index contributed by atoms with van der Waals surface area (Å²) in [6.07, 6.45) is 4.35. The van der Waals surface area contributed by atoms with Gasteiger partial charge in [0.15, 0.2) is 11.5 Å². The SMILES string of the molecule is COc1cc(C(=O)NC2CCC(=O)NC2=O)ccc1OC1CC(N(CC2CCN(c3ccc(C(=O)NC4C(C)(C)C(Oc5cc(C)c(C#N)c(C)c5)C4(C)C)cc3)CC2)C(C)C)C1. The summed E-state index contributed by atoms with van der Waals surface area (Å²) in [5.74, 6) is 1.03.